The van der Waals surface area contributed by atoms with Crippen molar-refractivity contribution in [3.8, 4) is 11.5 Å². The Morgan fingerprint density at radius 3 is 2.43 bits per heavy atom. The van der Waals surface area contributed by atoms with E-state index in [0.29, 0.717) is 35.8 Å². The lowest BCUT2D eigenvalue weighted by Crippen LogP contribution is -2.48. The molecule has 0 fully saturated rings. The lowest BCUT2D eigenvalue weighted by atomic mass is 10.2. The zero-order chi connectivity index (χ0) is 21.8. The van der Waals surface area contributed by atoms with Gasteiger partial charge in [-0.2, -0.15) is 0 Å². The monoisotopic (exact) mass is 429 g/mol. The molecule has 158 valence electrons. The summed E-state index contributed by atoms with van der Waals surface area (Å²) in [7, 11) is 1.59. The first-order chi connectivity index (χ1) is 14.5. The van der Waals surface area contributed by atoms with Crippen molar-refractivity contribution in [1.82, 2.24) is 16.2 Å². The zero-order valence-corrected chi connectivity index (χ0v) is 17.3. The molecule has 0 heterocycles. The van der Waals surface area contributed by atoms with Gasteiger partial charge in [0.25, 0.3) is 11.8 Å². The molecule has 0 radical (unpaired) electrons. The van der Waals surface area contributed by atoms with Crippen LogP contribution in [0, 0.1) is 0 Å². The van der Waals surface area contributed by atoms with E-state index >= 15 is 0 Å². The number of thiocarbonyl (C=S) groups is 1. The summed E-state index contributed by atoms with van der Waals surface area (Å²) in [5.74, 6) is 0.122. The Balaban J connectivity index is 1.85. The molecule has 0 unspecified atom stereocenters. The lowest BCUT2D eigenvalue weighted by molar-refractivity contribution is 0.0931. The summed E-state index contributed by atoms with van der Waals surface area (Å²) in [5, 5.41) is 2.43. The van der Waals surface area contributed by atoms with E-state index in [2.05, 4.69) is 22.7 Å². The van der Waals surface area contributed by atoms with Gasteiger partial charge in [0.15, 0.2) is 5.11 Å². The molecule has 2 amide bonds. The maximum atomic E-state index is 12.4. The van der Waals surface area contributed by atoms with Gasteiger partial charge in [-0.05, 0) is 48.6 Å². The van der Waals surface area contributed by atoms with Gasteiger partial charge in [0, 0.05) is 12.7 Å². The lowest BCUT2D eigenvalue weighted by Gasteiger charge is -2.13. The summed E-state index contributed by atoms with van der Waals surface area (Å²) in [6.45, 7) is 4.73. The molecular formula is C21H23N3O5S. The number of methoxy groups -OCH3 is 1. The highest BCUT2D eigenvalue weighted by molar-refractivity contribution is 7.80. The number of hydrazine groups is 1. The van der Waals surface area contributed by atoms with Crippen LogP contribution in [-0.4, -0.2) is 43.9 Å². The Morgan fingerprint density at radius 2 is 1.73 bits per heavy atom. The summed E-state index contributed by atoms with van der Waals surface area (Å²) in [6, 6.07) is 13.3. The number of carbonyl (C=O) groups is 2. The van der Waals surface area contributed by atoms with Gasteiger partial charge < -0.3 is 14.2 Å². The van der Waals surface area contributed by atoms with Crippen LogP contribution in [0.4, 0.5) is 0 Å². The first-order valence-corrected chi connectivity index (χ1v) is 9.42. The Bertz CT molecular complexity index is 886. The first-order valence-electron chi connectivity index (χ1n) is 9.01. The fourth-order valence-corrected chi connectivity index (χ4v) is 2.41. The van der Waals surface area contributed by atoms with Crippen LogP contribution < -0.4 is 25.6 Å². The van der Waals surface area contributed by atoms with E-state index in [1.165, 1.54) is 0 Å². The van der Waals surface area contributed by atoms with Gasteiger partial charge in [0.2, 0.25) is 0 Å². The molecule has 0 spiro atoms. The van der Waals surface area contributed by atoms with Crippen LogP contribution >= 0.6 is 12.2 Å². The normalized spacial score (nSPS) is 9.90. The van der Waals surface area contributed by atoms with Gasteiger partial charge in [-0.1, -0.05) is 24.8 Å². The standard InChI is InChI=1S/C21H23N3O5S/c1-3-12-29-18-7-5-4-6-17(18)20(26)23-24-21(30)22-19(25)15-8-10-16(11-9-15)28-14-13-27-2/h3-11H,1,12-14H2,2H3,(H,23,26)(H2,22,24,25,30). The molecule has 30 heavy (non-hydrogen) atoms. The molecule has 2 aromatic rings. The second-order valence-corrected chi connectivity index (χ2v) is 6.23. The van der Waals surface area contributed by atoms with Crippen molar-refractivity contribution in [2.75, 3.05) is 26.9 Å². The van der Waals surface area contributed by atoms with Crippen molar-refractivity contribution in [2.45, 2.75) is 0 Å². The van der Waals surface area contributed by atoms with Crippen LogP contribution in [0.1, 0.15) is 20.7 Å². The molecule has 0 atom stereocenters. The summed E-state index contributed by atoms with van der Waals surface area (Å²) in [4.78, 5) is 24.6. The summed E-state index contributed by atoms with van der Waals surface area (Å²) in [6.07, 6.45) is 1.58. The number of hydrogen-bond donors (Lipinski definition) is 3. The van der Waals surface area contributed by atoms with Crippen molar-refractivity contribution in [3.05, 3.63) is 72.3 Å². The molecule has 0 aliphatic carbocycles. The Morgan fingerprint density at radius 1 is 1.00 bits per heavy atom. The van der Waals surface area contributed by atoms with E-state index in [1.54, 1.807) is 61.7 Å². The minimum Gasteiger partial charge on any atom is -0.491 e. The average Bonchev–Trinajstić information content (AvgIpc) is 2.77. The topological polar surface area (TPSA) is 97.9 Å². The van der Waals surface area contributed by atoms with Crippen molar-refractivity contribution in [1.29, 1.82) is 0 Å². The van der Waals surface area contributed by atoms with Crippen LogP contribution in [0.15, 0.2) is 61.2 Å². The number of hydrogen-bond acceptors (Lipinski definition) is 6. The summed E-state index contributed by atoms with van der Waals surface area (Å²) >= 11 is 5.06. The van der Waals surface area contributed by atoms with E-state index in [9.17, 15) is 9.59 Å². The molecule has 9 heteroatoms. The minimum atomic E-state index is -0.469. The van der Waals surface area contributed by atoms with Gasteiger partial charge in [-0.25, -0.2) is 0 Å². The third kappa shape index (κ3) is 7.19. The number of amides is 2. The fraction of sp³-hybridized carbons (Fsp3) is 0.190. The quantitative estimate of drug-likeness (QED) is 0.243. The zero-order valence-electron chi connectivity index (χ0n) is 16.5. The van der Waals surface area contributed by atoms with E-state index < -0.39 is 11.8 Å². The van der Waals surface area contributed by atoms with Crippen LogP contribution in [0.3, 0.4) is 0 Å². The molecule has 0 aromatic heterocycles. The van der Waals surface area contributed by atoms with Gasteiger partial charge >= 0.3 is 0 Å². The number of carbonyl (C=O) groups excluding carboxylic acids is 2. The third-order valence-electron chi connectivity index (χ3n) is 3.68. The highest BCUT2D eigenvalue weighted by atomic mass is 32.1. The second kappa shape index (κ2) is 12.2. The van der Waals surface area contributed by atoms with Crippen molar-refractivity contribution in [2.24, 2.45) is 0 Å². The van der Waals surface area contributed by atoms with Gasteiger partial charge in [0.05, 0.1) is 12.2 Å². The highest BCUT2D eigenvalue weighted by Gasteiger charge is 2.13. The van der Waals surface area contributed by atoms with Gasteiger partial charge in [0.1, 0.15) is 24.7 Å². The number of nitrogens with one attached hydrogen (secondary N) is 3. The molecular weight excluding hydrogens is 406 g/mol. The average molecular weight is 429 g/mol. The van der Waals surface area contributed by atoms with E-state index in [4.69, 9.17) is 26.4 Å². The predicted molar refractivity (Wildman–Crippen MR) is 117 cm³/mol. The molecule has 0 aliphatic heterocycles. The first kappa shape index (κ1) is 22.9. The molecule has 2 rings (SSSR count). The number of benzene rings is 2. The molecule has 0 saturated carbocycles. The Labute approximate surface area is 180 Å². The second-order valence-electron chi connectivity index (χ2n) is 5.82. The van der Waals surface area contributed by atoms with Crippen molar-refractivity contribution >= 4 is 29.1 Å². The van der Waals surface area contributed by atoms with Crippen LogP contribution in [0.5, 0.6) is 11.5 Å². The van der Waals surface area contributed by atoms with E-state index in [1.807, 2.05) is 0 Å². The smallest absolute Gasteiger partial charge is 0.273 e. The van der Waals surface area contributed by atoms with Gasteiger partial charge in [-0.15, -0.1) is 0 Å². The molecule has 8 nitrogen and oxygen atoms in total. The highest BCUT2D eigenvalue weighted by Crippen LogP contribution is 2.17. The molecule has 0 saturated heterocycles. The van der Waals surface area contributed by atoms with Crippen LogP contribution in [-0.2, 0) is 4.74 Å². The maximum absolute atomic E-state index is 12.4. The third-order valence-corrected chi connectivity index (χ3v) is 3.88. The summed E-state index contributed by atoms with van der Waals surface area (Å²) < 4.78 is 15.8. The van der Waals surface area contributed by atoms with Gasteiger partial charge in [-0.3, -0.25) is 25.8 Å². The van der Waals surface area contributed by atoms with E-state index in [-0.39, 0.29) is 11.7 Å². The Hall–Kier alpha value is -3.43. The fourth-order valence-electron chi connectivity index (χ4n) is 2.26. The van der Waals surface area contributed by atoms with Crippen molar-refractivity contribution < 1.29 is 23.8 Å². The number of ether oxygens (including phenoxy) is 3. The Kier molecular flexibility index (Phi) is 9.29. The predicted octanol–water partition coefficient (Wildman–Crippen LogP) is 2.23. The number of rotatable bonds is 9. The largest absolute Gasteiger partial charge is 0.491 e. The van der Waals surface area contributed by atoms with Crippen molar-refractivity contribution in [3.63, 3.8) is 0 Å². The molecule has 0 aliphatic rings. The maximum Gasteiger partial charge on any atom is 0.273 e. The molecule has 2 aromatic carbocycles. The van der Waals surface area contributed by atoms with E-state index in [0.717, 1.165) is 0 Å². The summed E-state index contributed by atoms with van der Waals surface area (Å²) in [5.41, 5.74) is 5.62. The molecule has 3 N–H and O–H groups in total. The minimum absolute atomic E-state index is 0.0572. The van der Waals surface area contributed by atoms with Crippen LogP contribution in [0.2, 0.25) is 0 Å². The van der Waals surface area contributed by atoms with Crippen LogP contribution in [0.25, 0.3) is 0 Å². The molecule has 0 bridgehead atoms. The SMILES string of the molecule is C=CCOc1ccccc1C(=O)NNC(=S)NC(=O)c1ccc(OCCOC)cc1. The number of para-hydroxylation sites is 1.